The minimum atomic E-state index is -0.515. The standard InChI is InChI=1S/C14H21N3O2/c1-9(2)10(3)17-13(18)8-16-12-7-5-4-6-11(12)14(15)19/h4-7,9-10,16H,8H2,1-3H3,(H2,15,19)(H,17,18). The van der Waals surface area contributed by atoms with Gasteiger partial charge in [0.05, 0.1) is 12.1 Å². The first-order valence-corrected chi connectivity index (χ1v) is 6.34. The molecule has 0 aliphatic carbocycles. The average Bonchev–Trinajstić information content (AvgIpc) is 2.36. The van der Waals surface area contributed by atoms with Crippen molar-refractivity contribution in [2.45, 2.75) is 26.8 Å². The molecule has 5 nitrogen and oxygen atoms in total. The molecule has 0 aliphatic heterocycles. The van der Waals surface area contributed by atoms with Crippen molar-refractivity contribution in [1.29, 1.82) is 0 Å². The third-order valence-electron chi connectivity index (χ3n) is 3.02. The fourth-order valence-corrected chi connectivity index (χ4v) is 1.50. The zero-order valence-electron chi connectivity index (χ0n) is 11.6. The summed E-state index contributed by atoms with van der Waals surface area (Å²) >= 11 is 0. The van der Waals surface area contributed by atoms with Crippen molar-refractivity contribution in [3.63, 3.8) is 0 Å². The Kier molecular flexibility index (Phi) is 5.36. The highest BCUT2D eigenvalue weighted by Gasteiger charge is 2.12. The van der Waals surface area contributed by atoms with Crippen molar-refractivity contribution in [1.82, 2.24) is 5.32 Å². The molecule has 0 fully saturated rings. The van der Waals surface area contributed by atoms with Gasteiger partial charge in [-0.25, -0.2) is 0 Å². The predicted molar refractivity (Wildman–Crippen MR) is 75.9 cm³/mol. The minimum absolute atomic E-state index is 0.111. The predicted octanol–water partition coefficient (Wildman–Crippen LogP) is 1.36. The van der Waals surface area contributed by atoms with E-state index >= 15 is 0 Å². The molecule has 1 atom stereocenters. The van der Waals surface area contributed by atoms with Gasteiger partial charge >= 0.3 is 0 Å². The molecule has 104 valence electrons. The third kappa shape index (κ3) is 4.62. The van der Waals surface area contributed by atoms with Crippen LogP contribution in [0.25, 0.3) is 0 Å². The van der Waals surface area contributed by atoms with Crippen molar-refractivity contribution >= 4 is 17.5 Å². The second-order valence-electron chi connectivity index (χ2n) is 4.86. The summed E-state index contributed by atoms with van der Waals surface area (Å²) in [5.74, 6) is -0.249. The van der Waals surface area contributed by atoms with E-state index in [4.69, 9.17) is 5.73 Å². The van der Waals surface area contributed by atoms with Crippen LogP contribution in [0.15, 0.2) is 24.3 Å². The molecule has 0 aromatic heterocycles. The van der Waals surface area contributed by atoms with Crippen LogP contribution in [-0.4, -0.2) is 24.4 Å². The number of para-hydroxylation sites is 1. The number of benzene rings is 1. The number of carbonyl (C=O) groups is 2. The Morgan fingerprint density at radius 3 is 2.42 bits per heavy atom. The first kappa shape index (κ1) is 15.0. The molecule has 0 bridgehead atoms. The molecular formula is C14H21N3O2. The molecule has 0 radical (unpaired) electrons. The number of nitrogens with one attached hydrogen (secondary N) is 2. The molecule has 1 unspecified atom stereocenters. The smallest absolute Gasteiger partial charge is 0.250 e. The lowest BCUT2D eigenvalue weighted by Gasteiger charge is -2.18. The van der Waals surface area contributed by atoms with E-state index in [1.807, 2.05) is 20.8 Å². The first-order chi connectivity index (χ1) is 8.91. The molecule has 1 aromatic carbocycles. The van der Waals surface area contributed by atoms with E-state index < -0.39 is 5.91 Å². The van der Waals surface area contributed by atoms with Gasteiger partial charge in [0.2, 0.25) is 5.91 Å². The van der Waals surface area contributed by atoms with E-state index in [2.05, 4.69) is 10.6 Å². The maximum atomic E-state index is 11.7. The van der Waals surface area contributed by atoms with Gasteiger partial charge in [-0.3, -0.25) is 9.59 Å². The van der Waals surface area contributed by atoms with Crippen LogP contribution in [0.2, 0.25) is 0 Å². The van der Waals surface area contributed by atoms with Crippen LogP contribution in [-0.2, 0) is 4.79 Å². The van der Waals surface area contributed by atoms with Gasteiger partial charge in [-0.1, -0.05) is 26.0 Å². The van der Waals surface area contributed by atoms with Crippen LogP contribution >= 0.6 is 0 Å². The van der Waals surface area contributed by atoms with Gasteiger partial charge in [-0.2, -0.15) is 0 Å². The van der Waals surface area contributed by atoms with E-state index in [0.29, 0.717) is 17.2 Å². The van der Waals surface area contributed by atoms with Crippen LogP contribution in [0.4, 0.5) is 5.69 Å². The Morgan fingerprint density at radius 1 is 1.21 bits per heavy atom. The zero-order valence-corrected chi connectivity index (χ0v) is 11.6. The summed E-state index contributed by atoms with van der Waals surface area (Å²) in [6, 6.07) is 6.97. The van der Waals surface area contributed by atoms with Crippen molar-refractivity contribution in [2.75, 3.05) is 11.9 Å². The normalized spacial score (nSPS) is 12.0. The van der Waals surface area contributed by atoms with E-state index in [1.165, 1.54) is 0 Å². The topological polar surface area (TPSA) is 84.2 Å². The molecule has 5 heteroatoms. The summed E-state index contributed by atoms with van der Waals surface area (Å²) in [6.45, 7) is 6.16. The molecule has 19 heavy (non-hydrogen) atoms. The number of nitrogens with two attached hydrogens (primary N) is 1. The maximum Gasteiger partial charge on any atom is 0.250 e. The zero-order chi connectivity index (χ0) is 14.4. The Hall–Kier alpha value is -2.04. The number of carbonyl (C=O) groups excluding carboxylic acids is 2. The fourth-order valence-electron chi connectivity index (χ4n) is 1.50. The fraction of sp³-hybridized carbons (Fsp3) is 0.429. The summed E-state index contributed by atoms with van der Waals surface area (Å²) in [5.41, 5.74) is 6.22. The van der Waals surface area contributed by atoms with Crippen molar-refractivity contribution in [3.8, 4) is 0 Å². The van der Waals surface area contributed by atoms with Gasteiger partial charge in [0.1, 0.15) is 0 Å². The van der Waals surface area contributed by atoms with Crippen LogP contribution in [0.3, 0.4) is 0 Å². The maximum absolute atomic E-state index is 11.7. The van der Waals surface area contributed by atoms with Crippen LogP contribution in [0.1, 0.15) is 31.1 Å². The van der Waals surface area contributed by atoms with Gasteiger partial charge in [-0.15, -0.1) is 0 Å². The first-order valence-electron chi connectivity index (χ1n) is 6.34. The number of rotatable bonds is 6. The lowest BCUT2D eigenvalue weighted by Crippen LogP contribution is -2.39. The highest BCUT2D eigenvalue weighted by molar-refractivity contribution is 5.98. The van der Waals surface area contributed by atoms with Crippen molar-refractivity contribution in [3.05, 3.63) is 29.8 Å². The molecule has 1 rings (SSSR count). The van der Waals surface area contributed by atoms with Gasteiger partial charge < -0.3 is 16.4 Å². The van der Waals surface area contributed by atoms with Gasteiger partial charge in [0, 0.05) is 11.7 Å². The number of primary amides is 1. The lowest BCUT2D eigenvalue weighted by molar-refractivity contribution is -0.120. The van der Waals surface area contributed by atoms with E-state index in [-0.39, 0.29) is 18.5 Å². The molecular weight excluding hydrogens is 242 g/mol. The molecule has 0 heterocycles. The second kappa shape index (κ2) is 6.78. The van der Waals surface area contributed by atoms with Crippen LogP contribution in [0, 0.1) is 5.92 Å². The average molecular weight is 263 g/mol. The molecule has 0 saturated carbocycles. The van der Waals surface area contributed by atoms with E-state index in [1.54, 1.807) is 24.3 Å². The number of anilines is 1. The molecule has 0 spiro atoms. The highest BCUT2D eigenvalue weighted by atomic mass is 16.2. The van der Waals surface area contributed by atoms with Gasteiger partial charge in [0.25, 0.3) is 5.91 Å². The molecule has 0 aliphatic rings. The molecule has 0 saturated heterocycles. The Labute approximate surface area is 113 Å². The van der Waals surface area contributed by atoms with Gasteiger partial charge in [0.15, 0.2) is 0 Å². The second-order valence-corrected chi connectivity index (χ2v) is 4.86. The molecule has 2 amide bonds. The monoisotopic (exact) mass is 263 g/mol. The highest BCUT2D eigenvalue weighted by Crippen LogP contribution is 2.13. The largest absolute Gasteiger partial charge is 0.376 e. The SMILES string of the molecule is CC(C)C(C)NC(=O)CNc1ccccc1C(N)=O. The van der Waals surface area contributed by atoms with E-state index in [0.717, 1.165) is 0 Å². The molecule has 4 N–H and O–H groups in total. The van der Waals surface area contributed by atoms with Crippen LogP contribution < -0.4 is 16.4 Å². The van der Waals surface area contributed by atoms with Gasteiger partial charge in [-0.05, 0) is 25.0 Å². The summed E-state index contributed by atoms with van der Waals surface area (Å²) in [4.78, 5) is 22.9. The summed E-state index contributed by atoms with van der Waals surface area (Å²) in [6.07, 6.45) is 0. The summed E-state index contributed by atoms with van der Waals surface area (Å²) < 4.78 is 0. The summed E-state index contributed by atoms with van der Waals surface area (Å²) in [7, 11) is 0. The van der Waals surface area contributed by atoms with Crippen LogP contribution in [0.5, 0.6) is 0 Å². The molecule has 1 aromatic rings. The number of hydrogen-bond acceptors (Lipinski definition) is 3. The quantitative estimate of drug-likeness (QED) is 0.724. The van der Waals surface area contributed by atoms with Crippen molar-refractivity contribution in [2.24, 2.45) is 11.7 Å². The van der Waals surface area contributed by atoms with E-state index in [9.17, 15) is 9.59 Å². The Bertz CT molecular complexity index is 458. The number of amides is 2. The lowest BCUT2D eigenvalue weighted by atomic mass is 10.1. The van der Waals surface area contributed by atoms with Crippen molar-refractivity contribution < 1.29 is 9.59 Å². The Morgan fingerprint density at radius 2 is 1.84 bits per heavy atom. The third-order valence-corrected chi connectivity index (χ3v) is 3.02. The minimum Gasteiger partial charge on any atom is -0.376 e. The Balaban J connectivity index is 2.58. The summed E-state index contributed by atoms with van der Waals surface area (Å²) in [5, 5.41) is 5.81. The number of hydrogen-bond donors (Lipinski definition) is 3.